The molecule has 0 aliphatic carbocycles. The van der Waals surface area contributed by atoms with Gasteiger partial charge in [0.05, 0.1) is 6.04 Å². The van der Waals surface area contributed by atoms with Crippen LogP contribution in [0.15, 0.2) is 11.6 Å². The Hall–Kier alpha value is -1.12. The van der Waals surface area contributed by atoms with E-state index in [1.165, 1.54) is 108 Å². The van der Waals surface area contributed by atoms with Crippen molar-refractivity contribution in [2.75, 3.05) is 0 Å². The molecule has 1 saturated heterocycles. The summed E-state index contributed by atoms with van der Waals surface area (Å²) in [5.41, 5.74) is 1.22. The zero-order chi connectivity index (χ0) is 24.2. The lowest BCUT2D eigenvalue weighted by atomic mass is 9.98. The van der Waals surface area contributed by atoms with Gasteiger partial charge in [-0.3, -0.25) is 14.5 Å². The first kappa shape index (κ1) is 29.9. The van der Waals surface area contributed by atoms with Gasteiger partial charge in [0.1, 0.15) is 0 Å². The van der Waals surface area contributed by atoms with Gasteiger partial charge >= 0.3 is 0 Å². The molecule has 0 bridgehead atoms. The maximum atomic E-state index is 12.2. The van der Waals surface area contributed by atoms with Crippen LogP contribution in [0, 0.1) is 0 Å². The summed E-state index contributed by atoms with van der Waals surface area (Å²) >= 11 is 0. The monoisotopic (exact) mass is 461 g/mol. The summed E-state index contributed by atoms with van der Waals surface area (Å²) in [4.78, 5) is 26.0. The second-order valence-corrected chi connectivity index (χ2v) is 10.4. The van der Waals surface area contributed by atoms with E-state index in [4.69, 9.17) is 0 Å². The third kappa shape index (κ3) is 14.0. The number of likely N-dealkylation sites (tertiary alicyclic amines) is 1. The summed E-state index contributed by atoms with van der Waals surface area (Å²) in [5.74, 6) is 0.0486. The zero-order valence-electron chi connectivity index (χ0n) is 22.5. The molecule has 2 amide bonds. The smallest absolute Gasteiger partial charge is 0.230 e. The van der Waals surface area contributed by atoms with Gasteiger partial charge in [0.25, 0.3) is 0 Å². The number of carbonyl (C=O) groups is 2. The van der Waals surface area contributed by atoms with Gasteiger partial charge in [-0.25, -0.2) is 0 Å². The van der Waals surface area contributed by atoms with E-state index in [-0.39, 0.29) is 17.9 Å². The van der Waals surface area contributed by atoms with Crippen LogP contribution in [0.4, 0.5) is 0 Å². The molecule has 1 aliphatic rings. The minimum Gasteiger partial charge on any atom is -0.275 e. The van der Waals surface area contributed by atoms with Crippen LogP contribution in [0.2, 0.25) is 0 Å². The number of nitrogens with zero attached hydrogens (tertiary/aromatic N) is 1. The number of rotatable bonds is 22. The predicted octanol–water partition coefficient (Wildman–Crippen LogP) is 9.29. The average Bonchev–Trinajstić information content (AvgIpc) is 3.14. The lowest BCUT2D eigenvalue weighted by molar-refractivity contribution is -0.140. The van der Waals surface area contributed by atoms with E-state index in [9.17, 15) is 9.59 Å². The van der Waals surface area contributed by atoms with Crippen molar-refractivity contribution in [1.82, 2.24) is 4.90 Å². The molecule has 1 aliphatic heterocycles. The fraction of sp³-hybridized carbons (Fsp3) is 0.867. The number of unbranched alkanes of at least 4 members (excludes halogenated alkanes) is 17. The van der Waals surface area contributed by atoms with Crippen LogP contribution in [0.5, 0.6) is 0 Å². The second-order valence-electron chi connectivity index (χ2n) is 10.4. The quantitative estimate of drug-likeness (QED) is 0.0914. The molecule has 0 radical (unpaired) electrons. The van der Waals surface area contributed by atoms with Crippen LogP contribution in [0.1, 0.15) is 162 Å². The molecule has 3 heteroatoms. The largest absolute Gasteiger partial charge is 0.275 e. The average molecular weight is 462 g/mol. The molecule has 0 N–H and O–H groups in total. The molecule has 0 saturated carbocycles. The first-order chi connectivity index (χ1) is 16.1. The molecular formula is C30H55NO2. The number of carbonyl (C=O) groups excluding carboxylic acids is 2. The standard InChI is InChI=1S/C30H55NO2/c1-4-6-8-9-10-11-12-13-14-15-16-17-18-19-20-21-22-23-27(3)28(24-7-5-2)31-29(32)25-26-30(31)33/h23,28H,4-22,24-26H2,1-3H3/b27-23+. The molecule has 1 heterocycles. The number of allylic oxidation sites excluding steroid dienone is 1. The summed E-state index contributed by atoms with van der Waals surface area (Å²) in [6.07, 6.45) is 29.5. The highest BCUT2D eigenvalue weighted by molar-refractivity contribution is 6.02. The fourth-order valence-corrected chi connectivity index (χ4v) is 5.06. The molecule has 1 fully saturated rings. The fourth-order valence-electron chi connectivity index (χ4n) is 5.06. The zero-order valence-corrected chi connectivity index (χ0v) is 22.5. The van der Waals surface area contributed by atoms with Gasteiger partial charge in [-0.2, -0.15) is 0 Å². The predicted molar refractivity (Wildman–Crippen MR) is 142 cm³/mol. The lowest BCUT2D eigenvalue weighted by Crippen LogP contribution is -2.40. The third-order valence-electron chi connectivity index (χ3n) is 7.28. The molecule has 1 atom stereocenters. The molecule has 192 valence electrons. The third-order valence-corrected chi connectivity index (χ3v) is 7.28. The van der Waals surface area contributed by atoms with Crippen LogP contribution >= 0.6 is 0 Å². The first-order valence-corrected chi connectivity index (χ1v) is 14.6. The lowest BCUT2D eigenvalue weighted by Gasteiger charge is -2.27. The van der Waals surface area contributed by atoms with Crippen molar-refractivity contribution >= 4 is 11.8 Å². The van der Waals surface area contributed by atoms with Crippen molar-refractivity contribution < 1.29 is 9.59 Å². The highest BCUT2D eigenvalue weighted by Crippen LogP contribution is 2.25. The number of amides is 2. The topological polar surface area (TPSA) is 37.4 Å². The van der Waals surface area contributed by atoms with E-state index in [2.05, 4.69) is 26.8 Å². The van der Waals surface area contributed by atoms with Gasteiger partial charge < -0.3 is 0 Å². The van der Waals surface area contributed by atoms with Crippen LogP contribution in [0.3, 0.4) is 0 Å². The van der Waals surface area contributed by atoms with Gasteiger partial charge in [0.2, 0.25) is 11.8 Å². The van der Waals surface area contributed by atoms with Gasteiger partial charge in [-0.15, -0.1) is 0 Å². The Morgan fingerprint density at radius 3 is 1.48 bits per heavy atom. The van der Waals surface area contributed by atoms with E-state index in [0.717, 1.165) is 25.7 Å². The molecule has 0 spiro atoms. The molecule has 1 rings (SSSR count). The van der Waals surface area contributed by atoms with Gasteiger partial charge in [0.15, 0.2) is 0 Å². The summed E-state index contributed by atoms with van der Waals surface area (Å²) in [7, 11) is 0. The van der Waals surface area contributed by atoms with E-state index in [1.54, 1.807) is 4.90 Å². The van der Waals surface area contributed by atoms with E-state index in [1.807, 2.05) is 0 Å². The Kier molecular flexibility index (Phi) is 18.4. The Balaban J connectivity index is 2.03. The van der Waals surface area contributed by atoms with Crippen LogP contribution < -0.4 is 0 Å². The molecule has 0 aromatic rings. The van der Waals surface area contributed by atoms with Crippen molar-refractivity contribution in [2.45, 2.75) is 168 Å². The normalized spacial score (nSPS) is 15.6. The van der Waals surface area contributed by atoms with Gasteiger partial charge in [-0.1, -0.05) is 135 Å². The molecule has 1 unspecified atom stereocenters. The van der Waals surface area contributed by atoms with Gasteiger partial charge in [0, 0.05) is 12.8 Å². The molecular weight excluding hydrogens is 406 g/mol. The first-order valence-electron chi connectivity index (χ1n) is 14.6. The summed E-state index contributed by atoms with van der Waals surface area (Å²) < 4.78 is 0. The minimum atomic E-state index is -0.00601. The number of hydrogen-bond acceptors (Lipinski definition) is 2. The van der Waals surface area contributed by atoms with Crippen molar-refractivity contribution in [2.24, 2.45) is 0 Å². The molecule has 33 heavy (non-hydrogen) atoms. The van der Waals surface area contributed by atoms with Crippen molar-refractivity contribution in [3.63, 3.8) is 0 Å². The summed E-state index contributed by atoms with van der Waals surface area (Å²) in [5, 5.41) is 0. The Labute approximate surface area is 206 Å². The van der Waals surface area contributed by atoms with E-state index >= 15 is 0 Å². The van der Waals surface area contributed by atoms with Crippen molar-refractivity contribution in [3.8, 4) is 0 Å². The van der Waals surface area contributed by atoms with Crippen LogP contribution in [-0.2, 0) is 9.59 Å². The Morgan fingerprint density at radius 1 is 0.667 bits per heavy atom. The van der Waals surface area contributed by atoms with Crippen LogP contribution in [0.25, 0.3) is 0 Å². The number of hydrogen-bond donors (Lipinski definition) is 0. The molecule has 0 aromatic carbocycles. The molecule has 0 aromatic heterocycles. The maximum absolute atomic E-state index is 12.2. The van der Waals surface area contributed by atoms with E-state index < -0.39 is 0 Å². The van der Waals surface area contributed by atoms with Crippen molar-refractivity contribution in [1.29, 1.82) is 0 Å². The summed E-state index contributed by atoms with van der Waals surface area (Å²) in [6.45, 7) is 6.57. The van der Waals surface area contributed by atoms with Crippen LogP contribution in [-0.4, -0.2) is 22.8 Å². The number of imide groups is 1. The molecule has 3 nitrogen and oxygen atoms in total. The summed E-state index contributed by atoms with van der Waals surface area (Å²) in [6, 6.07) is -0.00601. The maximum Gasteiger partial charge on any atom is 0.230 e. The Morgan fingerprint density at radius 2 is 1.06 bits per heavy atom. The minimum absolute atomic E-state index is 0.00601. The highest BCUT2D eigenvalue weighted by atomic mass is 16.2. The Bertz CT molecular complexity index is 523. The second kappa shape index (κ2) is 20.3. The SMILES string of the molecule is CCCCCCCCCCCCCCCCCC/C=C(\C)C(CCCC)N1C(=O)CCC1=O. The van der Waals surface area contributed by atoms with E-state index in [0.29, 0.717) is 12.8 Å². The van der Waals surface area contributed by atoms with Crippen molar-refractivity contribution in [3.05, 3.63) is 11.6 Å². The highest BCUT2D eigenvalue weighted by Gasteiger charge is 2.35. The van der Waals surface area contributed by atoms with Gasteiger partial charge in [-0.05, 0) is 26.2 Å².